The average Bonchev–Trinajstić information content (AvgIpc) is 2.44. The van der Waals surface area contributed by atoms with E-state index in [1.54, 1.807) is 25.1 Å². The summed E-state index contributed by atoms with van der Waals surface area (Å²) < 4.78 is 6.54. The molecule has 6 heteroatoms. The van der Waals surface area contributed by atoms with E-state index in [0.29, 0.717) is 15.8 Å². The second-order valence-electron chi connectivity index (χ2n) is 4.78. The van der Waals surface area contributed by atoms with Gasteiger partial charge in [0.2, 0.25) is 0 Å². The number of rotatable bonds is 4. The van der Waals surface area contributed by atoms with Crippen molar-refractivity contribution in [3.63, 3.8) is 0 Å². The van der Waals surface area contributed by atoms with Crippen molar-refractivity contribution in [2.75, 3.05) is 5.32 Å². The number of amides is 1. The van der Waals surface area contributed by atoms with Crippen LogP contribution < -0.4 is 10.1 Å². The van der Waals surface area contributed by atoms with Crippen LogP contribution in [0.4, 0.5) is 5.69 Å². The molecule has 3 nitrogen and oxygen atoms in total. The Bertz CT molecular complexity index is 707. The van der Waals surface area contributed by atoms with E-state index in [0.717, 1.165) is 15.7 Å². The van der Waals surface area contributed by atoms with Gasteiger partial charge in [0.05, 0.1) is 5.02 Å². The quantitative estimate of drug-likeness (QED) is 0.736. The fraction of sp³-hybridized carbons (Fsp3) is 0.188. The third-order valence-electron chi connectivity index (χ3n) is 3.01. The lowest BCUT2D eigenvalue weighted by molar-refractivity contribution is -0.122. The molecule has 22 heavy (non-hydrogen) atoms. The van der Waals surface area contributed by atoms with Gasteiger partial charge in [0.25, 0.3) is 5.91 Å². The Morgan fingerprint density at radius 2 is 1.95 bits per heavy atom. The summed E-state index contributed by atoms with van der Waals surface area (Å²) >= 11 is 15.3. The van der Waals surface area contributed by atoms with Crippen molar-refractivity contribution >= 4 is 50.7 Å². The van der Waals surface area contributed by atoms with Gasteiger partial charge in [0, 0.05) is 15.2 Å². The molecular formula is C16H14BrCl2NO2. The molecule has 0 bridgehead atoms. The standard InChI is InChI=1S/C16H14BrCl2NO2/c1-9-7-11(17)3-5-14(9)20-16(21)10(2)22-15-6-4-12(18)8-13(15)19/h3-8,10H,1-2H3,(H,20,21)/t10-/m0/s1. The predicted molar refractivity (Wildman–Crippen MR) is 94.1 cm³/mol. The normalized spacial score (nSPS) is 11.9. The average molecular weight is 403 g/mol. The lowest BCUT2D eigenvalue weighted by Crippen LogP contribution is -2.30. The monoisotopic (exact) mass is 401 g/mol. The van der Waals surface area contributed by atoms with Gasteiger partial charge in [0.15, 0.2) is 6.10 Å². The maximum atomic E-state index is 12.2. The minimum atomic E-state index is -0.693. The van der Waals surface area contributed by atoms with Crippen molar-refractivity contribution in [1.29, 1.82) is 0 Å². The SMILES string of the molecule is Cc1cc(Br)ccc1NC(=O)[C@H](C)Oc1ccc(Cl)cc1Cl. The summed E-state index contributed by atoms with van der Waals surface area (Å²) in [5, 5.41) is 3.72. The molecule has 0 radical (unpaired) electrons. The van der Waals surface area contributed by atoms with E-state index in [9.17, 15) is 4.79 Å². The smallest absolute Gasteiger partial charge is 0.265 e. The van der Waals surface area contributed by atoms with E-state index >= 15 is 0 Å². The molecule has 0 aliphatic rings. The number of carbonyl (C=O) groups excluding carboxylic acids is 1. The molecular weight excluding hydrogens is 389 g/mol. The highest BCUT2D eigenvalue weighted by Crippen LogP contribution is 2.28. The Hall–Kier alpha value is -1.23. The van der Waals surface area contributed by atoms with Crippen LogP contribution in [0.15, 0.2) is 40.9 Å². The Balaban J connectivity index is 2.05. The Morgan fingerprint density at radius 1 is 1.23 bits per heavy atom. The topological polar surface area (TPSA) is 38.3 Å². The zero-order valence-electron chi connectivity index (χ0n) is 12.0. The molecule has 0 aliphatic heterocycles. The van der Waals surface area contributed by atoms with Crippen LogP contribution >= 0.6 is 39.1 Å². The summed E-state index contributed by atoms with van der Waals surface area (Å²) in [4.78, 5) is 12.2. The zero-order chi connectivity index (χ0) is 16.3. The fourth-order valence-electron chi connectivity index (χ4n) is 1.82. The first-order valence-electron chi connectivity index (χ1n) is 6.55. The summed E-state index contributed by atoms with van der Waals surface area (Å²) in [6, 6.07) is 10.5. The van der Waals surface area contributed by atoms with E-state index in [1.165, 1.54) is 0 Å². The molecule has 0 saturated carbocycles. The number of nitrogens with one attached hydrogen (secondary N) is 1. The van der Waals surface area contributed by atoms with Gasteiger partial charge in [-0.15, -0.1) is 0 Å². The molecule has 0 aromatic heterocycles. The molecule has 0 aliphatic carbocycles. The number of aryl methyl sites for hydroxylation is 1. The highest BCUT2D eigenvalue weighted by molar-refractivity contribution is 9.10. The van der Waals surface area contributed by atoms with E-state index in [-0.39, 0.29) is 5.91 Å². The molecule has 0 unspecified atom stereocenters. The third-order valence-corrected chi connectivity index (χ3v) is 4.04. The van der Waals surface area contributed by atoms with Gasteiger partial charge < -0.3 is 10.1 Å². The molecule has 0 spiro atoms. The second-order valence-corrected chi connectivity index (χ2v) is 6.54. The molecule has 0 heterocycles. The highest BCUT2D eigenvalue weighted by Gasteiger charge is 2.17. The number of hydrogen-bond donors (Lipinski definition) is 1. The van der Waals surface area contributed by atoms with E-state index < -0.39 is 6.10 Å². The third kappa shape index (κ3) is 4.38. The van der Waals surface area contributed by atoms with Crippen molar-refractivity contribution in [3.8, 4) is 5.75 Å². The summed E-state index contributed by atoms with van der Waals surface area (Å²) in [7, 11) is 0. The predicted octanol–water partition coefficient (Wildman–Crippen LogP) is 5.47. The molecule has 1 atom stereocenters. The minimum absolute atomic E-state index is 0.253. The lowest BCUT2D eigenvalue weighted by Gasteiger charge is -2.16. The van der Waals surface area contributed by atoms with Crippen LogP contribution in [0, 0.1) is 6.92 Å². The summed E-state index contributed by atoms with van der Waals surface area (Å²) in [6.45, 7) is 3.58. The molecule has 2 aromatic rings. The van der Waals surface area contributed by atoms with E-state index in [1.807, 2.05) is 25.1 Å². The first-order valence-corrected chi connectivity index (χ1v) is 8.10. The van der Waals surface area contributed by atoms with Gasteiger partial charge >= 0.3 is 0 Å². The molecule has 2 rings (SSSR count). The first-order chi connectivity index (χ1) is 10.4. The fourth-order valence-corrected chi connectivity index (χ4v) is 2.75. The summed E-state index contributed by atoms with van der Waals surface area (Å²) in [5.41, 5.74) is 1.70. The van der Waals surface area contributed by atoms with Gasteiger partial charge in [-0.2, -0.15) is 0 Å². The van der Waals surface area contributed by atoms with Gasteiger partial charge in [0.1, 0.15) is 5.75 Å². The van der Waals surface area contributed by atoms with Gasteiger partial charge in [-0.3, -0.25) is 4.79 Å². The molecule has 0 saturated heterocycles. The van der Waals surface area contributed by atoms with Crippen molar-refractivity contribution in [3.05, 3.63) is 56.5 Å². The number of carbonyl (C=O) groups is 1. The van der Waals surface area contributed by atoms with Crippen LogP contribution in [0.25, 0.3) is 0 Å². The largest absolute Gasteiger partial charge is 0.479 e. The molecule has 1 amide bonds. The summed E-state index contributed by atoms with van der Waals surface area (Å²) in [6.07, 6.45) is -0.693. The lowest BCUT2D eigenvalue weighted by atomic mass is 10.2. The van der Waals surface area contributed by atoms with Crippen LogP contribution in [0.1, 0.15) is 12.5 Å². The zero-order valence-corrected chi connectivity index (χ0v) is 15.1. The van der Waals surface area contributed by atoms with Crippen LogP contribution in [0.2, 0.25) is 10.0 Å². The van der Waals surface area contributed by atoms with Crippen molar-refractivity contribution in [2.45, 2.75) is 20.0 Å². The van der Waals surface area contributed by atoms with Gasteiger partial charge in [-0.25, -0.2) is 0 Å². The number of hydrogen-bond acceptors (Lipinski definition) is 2. The number of ether oxygens (including phenoxy) is 1. The van der Waals surface area contributed by atoms with Crippen molar-refractivity contribution in [1.82, 2.24) is 0 Å². The molecule has 2 aromatic carbocycles. The number of benzene rings is 2. The molecule has 0 fully saturated rings. The Kier molecular flexibility index (Phi) is 5.73. The second kappa shape index (κ2) is 7.36. The summed E-state index contributed by atoms with van der Waals surface area (Å²) in [5.74, 6) is 0.165. The number of halogens is 3. The van der Waals surface area contributed by atoms with Crippen molar-refractivity contribution < 1.29 is 9.53 Å². The van der Waals surface area contributed by atoms with Crippen molar-refractivity contribution in [2.24, 2.45) is 0 Å². The van der Waals surface area contributed by atoms with Gasteiger partial charge in [-0.1, -0.05) is 39.1 Å². The van der Waals surface area contributed by atoms with Crippen LogP contribution in [-0.4, -0.2) is 12.0 Å². The van der Waals surface area contributed by atoms with Crippen LogP contribution in [-0.2, 0) is 4.79 Å². The highest BCUT2D eigenvalue weighted by atomic mass is 79.9. The van der Waals surface area contributed by atoms with Gasteiger partial charge in [-0.05, 0) is 55.8 Å². The minimum Gasteiger partial charge on any atom is -0.479 e. The maximum Gasteiger partial charge on any atom is 0.265 e. The van der Waals surface area contributed by atoms with Crippen LogP contribution in [0.5, 0.6) is 5.75 Å². The number of anilines is 1. The Labute approximate surface area is 147 Å². The molecule has 1 N–H and O–H groups in total. The Morgan fingerprint density at radius 3 is 2.59 bits per heavy atom. The first kappa shape index (κ1) is 17.1. The molecule has 116 valence electrons. The maximum absolute atomic E-state index is 12.2. The van der Waals surface area contributed by atoms with E-state index in [2.05, 4.69) is 21.2 Å². The van der Waals surface area contributed by atoms with Crippen LogP contribution in [0.3, 0.4) is 0 Å². The van der Waals surface area contributed by atoms with E-state index in [4.69, 9.17) is 27.9 Å².